The van der Waals surface area contributed by atoms with E-state index in [1.807, 2.05) is 71.8 Å². The van der Waals surface area contributed by atoms with Gasteiger partial charge in [0.1, 0.15) is 29.5 Å². The van der Waals surface area contributed by atoms with E-state index in [0.29, 0.717) is 47.7 Å². The number of carbonyl (C=O) groups excluding carboxylic acids is 2. The van der Waals surface area contributed by atoms with Crippen molar-refractivity contribution in [1.82, 2.24) is 40.0 Å². The van der Waals surface area contributed by atoms with E-state index in [2.05, 4.69) is 39.0 Å². The largest absolute Gasteiger partial charge is 0.465 e. The number of aromatic amines is 2. The highest BCUT2D eigenvalue weighted by molar-refractivity contribution is 5.87. The monoisotopic (exact) mass is 808 g/mol. The standard InChI is InChI=1S/C47H49FN8O4/c1-3-54(4-2)42(33-15-9-6-10-16-33)46(58)56-26-12-18-40(56)43-49-28-37(51-43)31-21-19-30(20-22-31)34-23-24-35(36(48)27-34)38-29-50-44(52-38)39-17-11-25-55(39)45(57)41(53-47(59)60)32-13-7-5-8-14-32/h5-10,13-16,19-24,27-29,39-42,53H,3-4,11-12,17-18,25-26H2,1-2H3,(H,49,51)(H,50,52)(H,59,60)/t39-,40-,41+,42+/m0/s1. The zero-order valence-corrected chi connectivity index (χ0v) is 33.7. The SMILES string of the molecule is CCN(CC)[C@@H](C(=O)N1CCC[C@H]1c1ncc(-c2ccc(-c3ccc(-c4cnc([C@@H]5CCCN5C(=O)[C@H](NC(=O)O)c5ccccc5)[nH]4)c(F)c3)cc2)[nH]1)c1ccccc1. The lowest BCUT2D eigenvalue weighted by Gasteiger charge is -2.34. The topological polar surface area (TPSA) is 151 Å². The molecule has 4 aromatic carbocycles. The van der Waals surface area contributed by atoms with Crippen LogP contribution in [0.2, 0.25) is 0 Å². The minimum atomic E-state index is -1.29. The highest BCUT2D eigenvalue weighted by Gasteiger charge is 2.39. The van der Waals surface area contributed by atoms with Gasteiger partial charge in [-0.05, 0) is 78.7 Å². The van der Waals surface area contributed by atoms with Crippen molar-refractivity contribution in [2.45, 2.75) is 63.7 Å². The number of nitrogens with zero attached hydrogens (tertiary/aromatic N) is 5. The van der Waals surface area contributed by atoms with Crippen molar-refractivity contribution < 1.29 is 23.9 Å². The van der Waals surface area contributed by atoms with Gasteiger partial charge < -0.3 is 30.2 Å². The van der Waals surface area contributed by atoms with Gasteiger partial charge in [0, 0.05) is 18.7 Å². The molecule has 0 spiro atoms. The fourth-order valence-corrected chi connectivity index (χ4v) is 8.79. The number of carboxylic acid groups (broad SMARTS) is 1. The molecule has 0 saturated carbocycles. The summed E-state index contributed by atoms with van der Waals surface area (Å²) in [5.74, 6) is 0.587. The quantitative estimate of drug-likeness (QED) is 0.0912. The molecule has 4 N–H and O–H groups in total. The molecule has 6 aromatic rings. The van der Waals surface area contributed by atoms with Crippen LogP contribution in [0.15, 0.2) is 116 Å². The van der Waals surface area contributed by atoms with E-state index in [1.165, 1.54) is 6.07 Å². The second-order valence-electron chi connectivity index (χ2n) is 15.3. The van der Waals surface area contributed by atoms with Crippen LogP contribution >= 0.6 is 0 Å². The number of hydrogen-bond donors (Lipinski definition) is 4. The second-order valence-corrected chi connectivity index (χ2v) is 15.3. The van der Waals surface area contributed by atoms with Crippen LogP contribution in [-0.2, 0) is 9.59 Å². The van der Waals surface area contributed by atoms with Crippen molar-refractivity contribution in [1.29, 1.82) is 0 Å². The second kappa shape index (κ2) is 17.7. The molecule has 2 saturated heterocycles. The van der Waals surface area contributed by atoms with Crippen LogP contribution in [0.5, 0.6) is 0 Å². The van der Waals surface area contributed by atoms with Gasteiger partial charge in [-0.1, -0.05) is 105 Å². The van der Waals surface area contributed by atoms with Crippen LogP contribution in [0.25, 0.3) is 33.6 Å². The lowest BCUT2D eigenvalue weighted by atomic mass is 10.0. The third kappa shape index (κ3) is 8.17. The van der Waals surface area contributed by atoms with Crippen molar-refractivity contribution >= 4 is 17.9 Å². The van der Waals surface area contributed by atoms with Gasteiger partial charge in [0.2, 0.25) is 5.91 Å². The first-order chi connectivity index (χ1) is 29.2. The number of carbonyl (C=O) groups is 3. The molecule has 2 aliphatic rings. The molecule has 8 rings (SSSR count). The Labute approximate surface area is 348 Å². The van der Waals surface area contributed by atoms with Crippen LogP contribution in [-0.4, -0.2) is 83.8 Å². The maximum absolute atomic E-state index is 15.8. The molecule has 60 heavy (non-hydrogen) atoms. The van der Waals surface area contributed by atoms with E-state index in [-0.39, 0.29) is 23.9 Å². The molecule has 2 aliphatic heterocycles. The number of halogens is 1. The molecule has 0 bridgehead atoms. The normalized spacial score (nSPS) is 17.5. The van der Waals surface area contributed by atoms with Crippen molar-refractivity contribution in [2.75, 3.05) is 26.2 Å². The third-order valence-electron chi connectivity index (χ3n) is 11.9. The molecule has 4 heterocycles. The molecule has 308 valence electrons. The molecule has 2 fully saturated rings. The first-order valence-electron chi connectivity index (χ1n) is 20.7. The van der Waals surface area contributed by atoms with Gasteiger partial charge in [0.05, 0.1) is 35.9 Å². The lowest BCUT2D eigenvalue weighted by Crippen LogP contribution is -2.43. The molecule has 3 amide bonds. The lowest BCUT2D eigenvalue weighted by molar-refractivity contribution is -0.138. The van der Waals surface area contributed by atoms with Crippen LogP contribution in [0.3, 0.4) is 0 Å². The predicted octanol–water partition coefficient (Wildman–Crippen LogP) is 8.69. The van der Waals surface area contributed by atoms with Crippen LogP contribution in [0.1, 0.15) is 86.5 Å². The van der Waals surface area contributed by atoms with E-state index in [1.54, 1.807) is 47.5 Å². The Balaban J connectivity index is 0.951. The highest BCUT2D eigenvalue weighted by Crippen LogP contribution is 2.37. The Morgan fingerprint density at radius 3 is 1.85 bits per heavy atom. The first-order valence-corrected chi connectivity index (χ1v) is 20.7. The maximum Gasteiger partial charge on any atom is 0.405 e. The summed E-state index contributed by atoms with van der Waals surface area (Å²) >= 11 is 0. The van der Waals surface area contributed by atoms with Crippen molar-refractivity contribution in [3.63, 3.8) is 0 Å². The predicted molar refractivity (Wildman–Crippen MR) is 227 cm³/mol. The van der Waals surface area contributed by atoms with E-state index in [9.17, 15) is 19.5 Å². The van der Waals surface area contributed by atoms with E-state index >= 15 is 4.39 Å². The van der Waals surface area contributed by atoms with Crippen molar-refractivity contribution in [3.8, 4) is 33.6 Å². The number of amides is 3. The van der Waals surface area contributed by atoms with Gasteiger partial charge in [-0.25, -0.2) is 19.2 Å². The Morgan fingerprint density at radius 1 is 0.733 bits per heavy atom. The first kappa shape index (κ1) is 40.2. The smallest absolute Gasteiger partial charge is 0.405 e. The van der Waals surface area contributed by atoms with E-state index in [4.69, 9.17) is 4.98 Å². The number of likely N-dealkylation sites (N-methyl/N-ethyl adjacent to an activating group) is 1. The zero-order valence-electron chi connectivity index (χ0n) is 33.7. The molecular weight excluding hydrogens is 760 g/mol. The van der Waals surface area contributed by atoms with Crippen LogP contribution in [0.4, 0.5) is 9.18 Å². The number of likely N-dealkylation sites (tertiary alicyclic amines) is 2. The number of H-pyrrole nitrogens is 2. The number of hydrogen-bond acceptors (Lipinski definition) is 6. The summed E-state index contributed by atoms with van der Waals surface area (Å²) < 4.78 is 15.8. The molecule has 0 radical (unpaired) electrons. The summed E-state index contributed by atoms with van der Waals surface area (Å²) in [6.07, 6.45) is 5.18. The van der Waals surface area contributed by atoms with Gasteiger partial charge in [-0.15, -0.1) is 0 Å². The maximum atomic E-state index is 15.8. The fourth-order valence-electron chi connectivity index (χ4n) is 8.79. The number of imidazole rings is 2. The molecule has 12 nitrogen and oxygen atoms in total. The summed E-state index contributed by atoms with van der Waals surface area (Å²) in [4.78, 5) is 61.5. The number of aromatic nitrogens is 4. The van der Waals surface area contributed by atoms with E-state index in [0.717, 1.165) is 60.6 Å². The van der Waals surface area contributed by atoms with Crippen LogP contribution in [0, 0.1) is 5.82 Å². The van der Waals surface area contributed by atoms with Gasteiger partial charge in [0.15, 0.2) is 0 Å². The minimum absolute atomic E-state index is 0.0952. The summed E-state index contributed by atoms with van der Waals surface area (Å²) in [5, 5.41) is 11.9. The van der Waals surface area contributed by atoms with Crippen molar-refractivity contribution in [2.24, 2.45) is 0 Å². The summed E-state index contributed by atoms with van der Waals surface area (Å²) in [7, 11) is 0. The average molecular weight is 809 g/mol. The Hall–Kier alpha value is -6.60. The van der Waals surface area contributed by atoms with Gasteiger partial charge >= 0.3 is 6.09 Å². The fraction of sp³-hybridized carbons (Fsp3) is 0.298. The number of rotatable bonds is 13. The van der Waals surface area contributed by atoms with Crippen LogP contribution < -0.4 is 5.32 Å². The number of benzene rings is 4. The van der Waals surface area contributed by atoms with Gasteiger partial charge in [-0.2, -0.15) is 0 Å². The Morgan fingerprint density at radius 2 is 1.27 bits per heavy atom. The van der Waals surface area contributed by atoms with Gasteiger partial charge in [-0.3, -0.25) is 14.5 Å². The molecule has 13 heteroatoms. The molecule has 0 unspecified atom stereocenters. The number of nitrogens with one attached hydrogen (secondary N) is 3. The summed E-state index contributed by atoms with van der Waals surface area (Å²) in [6.45, 7) is 6.83. The highest BCUT2D eigenvalue weighted by atomic mass is 19.1. The Bertz CT molecular complexity index is 2430. The van der Waals surface area contributed by atoms with Crippen molar-refractivity contribution in [3.05, 3.63) is 144 Å². The molecule has 2 aromatic heterocycles. The zero-order chi connectivity index (χ0) is 41.8. The Kier molecular flexibility index (Phi) is 11.9. The third-order valence-corrected chi connectivity index (χ3v) is 11.9. The average Bonchev–Trinajstić information content (AvgIpc) is 4.12. The minimum Gasteiger partial charge on any atom is -0.465 e. The summed E-state index contributed by atoms with van der Waals surface area (Å²) in [6, 6.07) is 29.7. The van der Waals surface area contributed by atoms with E-state index < -0.39 is 24.0 Å². The van der Waals surface area contributed by atoms with Gasteiger partial charge in [0.25, 0.3) is 5.91 Å². The molecule has 0 aliphatic carbocycles. The molecule has 4 atom stereocenters. The summed E-state index contributed by atoms with van der Waals surface area (Å²) in [5.41, 5.74) is 5.68. The molecular formula is C47H49FN8O4.